The molecule has 3 aromatic heterocycles. The third kappa shape index (κ3) is 11.2. The Bertz CT molecular complexity index is 3560. The maximum atomic E-state index is 13.4. The number of carbonyl (C=O) groups excluding carboxylic acids is 3. The highest BCUT2D eigenvalue weighted by atomic mass is 32.2. The van der Waals surface area contributed by atoms with Crippen LogP contribution in [0, 0.1) is 19.8 Å². The Labute approximate surface area is 421 Å². The van der Waals surface area contributed by atoms with Crippen LogP contribution in [0.25, 0.3) is 50.6 Å². The highest BCUT2D eigenvalue weighted by Gasteiger charge is 2.33. The van der Waals surface area contributed by atoms with Gasteiger partial charge in [-0.3, -0.25) is 15.4 Å². The number of nitrogens with one attached hydrogen (secondary N) is 3. The number of pyridine rings is 1. The first-order valence-electron chi connectivity index (χ1n) is 23.1. The summed E-state index contributed by atoms with van der Waals surface area (Å²) in [7, 11) is -7.44. The molecule has 1 saturated carbocycles. The monoisotopic (exact) mass is 1020 g/mol. The van der Waals surface area contributed by atoms with E-state index in [4.69, 9.17) is 18.5 Å². The van der Waals surface area contributed by atoms with E-state index in [0.717, 1.165) is 28.5 Å². The van der Waals surface area contributed by atoms with Gasteiger partial charge >= 0.3 is 12.2 Å². The molecule has 0 aliphatic heterocycles. The lowest BCUT2D eigenvalue weighted by Gasteiger charge is -2.14. The first kappa shape index (κ1) is 49.6. The fourth-order valence-corrected chi connectivity index (χ4v) is 9.55. The molecular formula is C54H49N6O11S2+. The largest absolute Gasteiger partial charge is 0.441 e. The van der Waals surface area contributed by atoms with Gasteiger partial charge in [0.15, 0.2) is 26.3 Å². The average Bonchev–Trinajstić information content (AvgIpc) is 4.12. The Morgan fingerprint density at radius 1 is 0.630 bits per heavy atom. The van der Waals surface area contributed by atoms with E-state index in [1.807, 2.05) is 66.7 Å². The predicted octanol–water partition coefficient (Wildman–Crippen LogP) is 10.5. The smallest absolute Gasteiger partial charge is 0.412 e. The minimum absolute atomic E-state index is 0.0115. The summed E-state index contributed by atoms with van der Waals surface area (Å²) in [4.78, 5) is 43.0. The van der Waals surface area contributed by atoms with Crippen LogP contribution >= 0.6 is 0 Å². The summed E-state index contributed by atoms with van der Waals surface area (Å²) in [5, 5.41) is 9.73. The van der Waals surface area contributed by atoms with Crippen molar-refractivity contribution in [2.45, 2.75) is 62.7 Å². The normalized spacial score (nSPS) is 13.4. The molecule has 3 N–H and O–H groups in total. The molecule has 3 amide bonds. The van der Waals surface area contributed by atoms with Gasteiger partial charge in [-0.15, -0.1) is 0 Å². The van der Waals surface area contributed by atoms with Crippen LogP contribution in [-0.4, -0.2) is 51.3 Å². The zero-order valence-electron chi connectivity index (χ0n) is 40.2. The van der Waals surface area contributed by atoms with Gasteiger partial charge in [-0.1, -0.05) is 96.2 Å². The molecule has 1 fully saturated rings. The van der Waals surface area contributed by atoms with Gasteiger partial charge in [-0.05, 0) is 97.8 Å². The fraction of sp³-hybridized carbons (Fsp3) is 0.185. The highest BCUT2D eigenvalue weighted by Crippen LogP contribution is 2.36. The number of ether oxygens (including phenoxy) is 2. The molecule has 2 atom stereocenters. The van der Waals surface area contributed by atoms with E-state index in [9.17, 15) is 31.2 Å². The Kier molecular flexibility index (Phi) is 13.8. The van der Waals surface area contributed by atoms with Crippen LogP contribution in [0.3, 0.4) is 0 Å². The molecule has 17 nitrogen and oxygen atoms in total. The SMILES string of the molecule is Cc1noc(-c2ccc(-c3ccc(S(=O)(=O)NC(=O)C4CC4)cc3)cc2)c1NC(=O)OC(C)c1ccc(-[n+]2oc(-c3ccc(-c4ccc(S(C)(=O)=O)nc4)cc3)c(NC(=O)OC(C)c3ccccc3)c2C)cc1. The standard InChI is InChI=1S/C54H48N6O11S2/c1-32-48(50(70-58-32)41-15-11-38(12-16-41)39-23-28-46(29-24-39)73(66,67)59-52(61)43-19-20-43)56-53(62)69-35(4)37-21-26-45(27-22-37)60-33(2)49(57-54(63)68-34(3)36-9-7-6-8-10-36)51(71-60)42-17-13-40(14-18-42)44-25-30-47(55-31-44)72(5,64)65/h6-18,21-31,34-35,43H,19-20H2,1-5H3,(H2-,56,57,59,61,62,63)/p+1. The van der Waals surface area contributed by atoms with Gasteiger partial charge in [0.2, 0.25) is 11.7 Å². The molecule has 372 valence electrons. The van der Waals surface area contributed by atoms with Crippen molar-refractivity contribution in [2.24, 2.45) is 5.92 Å². The number of hydrogen-bond acceptors (Lipinski definition) is 13. The molecule has 1 aliphatic carbocycles. The van der Waals surface area contributed by atoms with Gasteiger partial charge in [-0.25, -0.2) is 40.7 Å². The van der Waals surface area contributed by atoms with Gasteiger partial charge < -0.3 is 14.0 Å². The number of sulfone groups is 1. The second kappa shape index (κ2) is 20.4. The molecule has 0 spiro atoms. The van der Waals surface area contributed by atoms with Crippen LogP contribution in [0.4, 0.5) is 21.0 Å². The number of aryl methyl sites for hydroxylation is 1. The molecular weight excluding hydrogens is 973 g/mol. The maximum absolute atomic E-state index is 13.4. The Balaban J connectivity index is 0.886. The van der Waals surface area contributed by atoms with E-state index in [1.165, 1.54) is 24.4 Å². The summed E-state index contributed by atoms with van der Waals surface area (Å²) in [6.45, 7) is 6.99. The predicted molar refractivity (Wildman–Crippen MR) is 270 cm³/mol. The highest BCUT2D eigenvalue weighted by molar-refractivity contribution is 7.90. The van der Waals surface area contributed by atoms with Crippen LogP contribution in [0.15, 0.2) is 165 Å². The van der Waals surface area contributed by atoms with Crippen LogP contribution in [-0.2, 0) is 34.1 Å². The molecule has 8 aromatic rings. The summed E-state index contributed by atoms with van der Waals surface area (Å²) >= 11 is 0. The number of rotatable bonds is 15. The number of sulfonamides is 1. The number of anilines is 2. The summed E-state index contributed by atoms with van der Waals surface area (Å²) in [6, 6.07) is 40.4. The summed E-state index contributed by atoms with van der Waals surface area (Å²) < 4.78 is 76.8. The first-order chi connectivity index (χ1) is 34.9. The number of amides is 3. The van der Waals surface area contributed by atoms with E-state index >= 15 is 0 Å². The number of carbonyl (C=O) groups is 3. The van der Waals surface area contributed by atoms with Crippen molar-refractivity contribution in [1.82, 2.24) is 14.9 Å². The van der Waals surface area contributed by atoms with Gasteiger partial charge in [-0.2, -0.15) is 0 Å². The van der Waals surface area contributed by atoms with E-state index in [1.54, 1.807) is 87.0 Å². The molecule has 19 heteroatoms. The van der Waals surface area contributed by atoms with E-state index in [-0.39, 0.29) is 15.8 Å². The molecule has 9 rings (SSSR count). The number of benzene rings is 5. The molecule has 1 aliphatic rings. The Hall–Kier alpha value is -8.42. The lowest BCUT2D eigenvalue weighted by Crippen LogP contribution is -2.31. The van der Waals surface area contributed by atoms with Crippen LogP contribution < -0.4 is 20.1 Å². The summed E-state index contributed by atoms with van der Waals surface area (Å²) in [5.41, 5.74) is 8.00. The van der Waals surface area contributed by atoms with Crippen molar-refractivity contribution in [3.63, 3.8) is 0 Å². The summed E-state index contributed by atoms with van der Waals surface area (Å²) in [5.74, 6) is -0.0847. The van der Waals surface area contributed by atoms with E-state index < -0.39 is 50.2 Å². The number of nitrogens with zero attached hydrogens (tertiary/aromatic N) is 3. The van der Waals surface area contributed by atoms with Crippen molar-refractivity contribution in [1.29, 1.82) is 0 Å². The lowest BCUT2D eigenvalue weighted by atomic mass is 10.0. The van der Waals surface area contributed by atoms with Gasteiger partial charge in [0.05, 0.1) is 4.90 Å². The molecule has 0 radical (unpaired) electrons. The molecule has 73 heavy (non-hydrogen) atoms. The van der Waals surface area contributed by atoms with Crippen molar-refractivity contribution in [3.05, 3.63) is 168 Å². The van der Waals surface area contributed by atoms with E-state index in [2.05, 4.69) is 25.5 Å². The third-order valence-corrected chi connectivity index (χ3v) is 14.6. The van der Waals surface area contributed by atoms with Gasteiger partial charge in [0, 0.05) is 58.9 Å². The molecule has 5 aromatic carbocycles. The van der Waals surface area contributed by atoms with E-state index in [0.29, 0.717) is 75.1 Å². The second-order valence-electron chi connectivity index (χ2n) is 17.6. The average molecular weight is 1020 g/mol. The topological polar surface area (TPSA) is 230 Å². The molecule has 0 saturated heterocycles. The first-order valence-corrected chi connectivity index (χ1v) is 26.5. The van der Waals surface area contributed by atoms with Gasteiger partial charge in [0.25, 0.3) is 21.4 Å². The summed E-state index contributed by atoms with van der Waals surface area (Å²) in [6.07, 6.45) is 1.28. The maximum Gasteiger partial charge on any atom is 0.412 e. The Morgan fingerprint density at radius 2 is 1.14 bits per heavy atom. The van der Waals surface area contributed by atoms with Crippen molar-refractivity contribution < 1.29 is 54.5 Å². The fourth-order valence-electron chi connectivity index (χ4n) is 7.95. The molecule has 3 heterocycles. The lowest BCUT2D eigenvalue weighted by molar-refractivity contribution is -0.787. The number of hydrogen-bond donors (Lipinski definition) is 3. The zero-order valence-corrected chi connectivity index (χ0v) is 41.8. The zero-order chi connectivity index (χ0) is 51.6. The second-order valence-corrected chi connectivity index (χ2v) is 21.2. The van der Waals surface area contributed by atoms with Crippen molar-refractivity contribution in [3.8, 4) is 50.6 Å². The minimum atomic E-state index is -3.98. The third-order valence-electron chi connectivity index (χ3n) is 12.3. The molecule has 2 unspecified atom stereocenters. The minimum Gasteiger partial charge on any atom is -0.441 e. The number of aromatic nitrogens is 3. The van der Waals surface area contributed by atoms with Crippen molar-refractivity contribution >= 4 is 49.3 Å². The Morgan fingerprint density at radius 3 is 1.68 bits per heavy atom. The van der Waals surface area contributed by atoms with Crippen LogP contribution in [0.5, 0.6) is 0 Å². The van der Waals surface area contributed by atoms with Crippen LogP contribution in [0.2, 0.25) is 0 Å². The van der Waals surface area contributed by atoms with Gasteiger partial charge in [0.1, 0.15) is 23.6 Å². The van der Waals surface area contributed by atoms with Crippen molar-refractivity contribution in [2.75, 3.05) is 16.9 Å². The molecule has 0 bridgehead atoms. The quantitative estimate of drug-likeness (QED) is 0.0813. The van der Waals surface area contributed by atoms with Crippen LogP contribution in [0.1, 0.15) is 61.4 Å².